The van der Waals surface area contributed by atoms with Crippen molar-refractivity contribution in [1.82, 2.24) is 10.3 Å². The Morgan fingerprint density at radius 1 is 1.25 bits per heavy atom. The van der Waals surface area contributed by atoms with Gasteiger partial charge in [-0.15, -0.1) is 0 Å². The van der Waals surface area contributed by atoms with Gasteiger partial charge in [0.05, 0.1) is 11.6 Å². The summed E-state index contributed by atoms with van der Waals surface area (Å²) < 4.78 is 19.5. The molecule has 0 bridgehead atoms. The van der Waals surface area contributed by atoms with Crippen LogP contribution in [0.2, 0.25) is 0 Å². The Bertz CT molecular complexity index is 736. The monoisotopic (exact) mass is 326 g/mol. The van der Waals surface area contributed by atoms with Gasteiger partial charge in [0, 0.05) is 31.3 Å². The van der Waals surface area contributed by atoms with E-state index in [1.807, 2.05) is 18.2 Å². The lowest BCUT2D eigenvalue weighted by atomic mass is 10.1. The van der Waals surface area contributed by atoms with E-state index in [0.29, 0.717) is 17.0 Å². The van der Waals surface area contributed by atoms with Gasteiger partial charge in [-0.1, -0.05) is 12.1 Å². The number of benzene rings is 1. The topological polar surface area (TPSA) is 61.2 Å². The van der Waals surface area contributed by atoms with Crippen LogP contribution in [0.1, 0.15) is 17.5 Å². The molecule has 0 amide bonds. The van der Waals surface area contributed by atoms with E-state index in [1.165, 1.54) is 6.07 Å². The normalized spacial score (nSPS) is 14.8. The molecule has 5 nitrogen and oxygen atoms in total. The maximum absolute atomic E-state index is 13.9. The maximum atomic E-state index is 13.9. The van der Waals surface area contributed by atoms with E-state index in [-0.39, 0.29) is 6.61 Å². The average Bonchev–Trinajstić information content (AvgIpc) is 2.90. The minimum atomic E-state index is -0.441. The largest absolute Gasteiger partial charge is 0.473 e. The van der Waals surface area contributed by atoms with Crippen molar-refractivity contribution in [2.45, 2.75) is 13.0 Å². The first-order valence-corrected chi connectivity index (χ1v) is 8.00. The van der Waals surface area contributed by atoms with Crippen molar-refractivity contribution >= 4 is 5.82 Å². The predicted octanol–water partition coefficient (Wildman–Crippen LogP) is 2.47. The van der Waals surface area contributed by atoms with Gasteiger partial charge in [-0.3, -0.25) is 0 Å². The standard InChI is InChI=1S/C18H19FN4O/c19-16-11-14(12-20)5-6-15(16)13-24-18-4-1-3-17(22-18)23-9-2-7-21-8-10-23/h1,3-6,11,21H,2,7-10,13H2. The van der Waals surface area contributed by atoms with Crippen LogP contribution >= 0.6 is 0 Å². The third-order valence-corrected chi connectivity index (χ3v) is 3.93. The van der Waals surface area contributed by atoms with Crippen LogP contribution in [-0.4, -0.2) is 31.2 Å². The van der Waals surface area contributed by atoms with E-state index in [2.05, 4.69) is 15.2 Å². The Kier molecular flexibility index (Phi) is 5.24. The number of rotatable bonds is 4. The summed E-state index contributed by atoms with van der Waals surface area (Å²) in [5.74, 6) is 0.897. The van der Waals surface area contributed by atoms with Crippen LogP contribution in [0.5, 0.6) is 5.88 Å². The number of hydrogen-bond donors (Lipinski definition) is 1. The highest BCUT2D eigenvalue weighted by Crippen LogP contribution is 2.18. The van der Waals surface area contributed by atoms with Crippen molar-refractivity contribution in [2.24, 2.45) is 0 Å². The zero-order valence-electron chi connectivity index (χ0n) is 13.3. The van der Waals surface area contributed by atoms with Gasteiger partial charge in [-0.05, 0) is 31.2 Å². The molecule has 0 saturated carbocycles. The summed E-state index contributed by atoms with van der Waals surface area (Å²) in [4.78, 5) is 6.74. The highest BCUT2D eigenvalue weighted by Gasteiger charge is 2.12. The second-order valence-corrected chi connectivity index (χ2v) is 5.63. The van der Waals surface area contributed by atoms with E-state index >= 15 is 0 Å². The Balaban J connectivity index is 1.67. The van der Waals surface area contributed by atoms with Crippen LogP contribution in [0.4, 0.5) is 10.2 Å². The Morgan fingerprint density at radius 3 is 3.00 bits per heavy atom. The Labute approximate surface area is 140 Å². The highest BCUT2D eigenvalue weighted by atomic mass is 19.1. The first kappa shape index (κ1) is 16.2. The molecule has 0 atom stereocenters. The third-order valence-electron chi connectivity index (χ3n) is 3.93. The molecule has 1 aromatic heterocycles. The van der Waals surface area contributed by atoms with Crippen LogP contribution in [0.25, 0.3) is 0 Å². The molecule has 124 valence electrons. The van der Waals surface area contributed by atoms with Gasteiger partial charge in [0.2, 0.25) is 5.88 Å². The molecule has 0 aliphatic carbocycles. The number of anilines is 1. The molecule has 1 N–H and O–H groups in total. The van der Waals surface area contributed by atoms with Crippen molar-refractivity contribution in [3.8, 4) is 11.9 Å². The lowest BCUT2D eigenvalue weighted by molar-refractivity contribution is 0.288. The lowest BCUT2D eigenvalue weighted by Gasteiger charge is -2.21. The van der Waals surface area contributed by atoms with Gasteiger partial charge in [0.25, 0.3) is 0 Å². The summed E-state index contributed by atoms with van der Waals surface area (Å²) in [5, 5.41) is 12.1. The first-order chi connectivity index (χ1) is 11.8. The fourth-order valence-electron chi connectivity index (χ4n) is 2.62. The van der Waals surface area contributed by atoms with Crippen LogP contribution in [0.15, 0.2) is 36.4 Å². The number of aromatic nitrogens is 1. The predicted molar refractivity (Wildman–Crippen MR) is 89.4 cm³/mol. The van der Waals surface area contributed by atoms with E-state index in [0.717, 1.165) is 38.4 Å². The third kappa shape index (κ3) is 4.00. The van der Waals surface area contributed by atoms with E-state index in [1.54, 1.807) is 18.2 Å². The van der Waals surface area contributed by atoms with Gasteiger partial charge in [0.1, 0.15) is 18.2 Å². The number of nitrogens with one attached hydrogen (secondary N) is 1. The van der Waals surface area contributed by atoms with Crippen LogP contribution in [-0.2, 0) is 6.61 Å². The number of hydrogen-bond acceptors (Lipinski definition) is 5. The molecule has 24 heavy (non-hydrogen) atoms. The minimum absolute atomic E-state index is 0.0789. The van der Waals surface area contributed by atoms with Crippen molar-refractivity contribution in [3.63, 3.8) is 0 Å². The summed E-state index contributed by atoms with van der Waals surface area (Å²) in [6.45, 7) is 3.89. The van der Waals surface area contributed by atoms with Crippen LogP contribution in [0, 0.1) is 17.1 Å². The zero-order chi connectivity index (χ0) is 16.8. The maximum Gasteiger partial charge on any atom is 0.215 e. The molecule has 0 radical (unpaired) electrons. The Hall–Kier alpha value is -2.65. The lowest BCUT2D eigenvalue weighted by Crippen LogP contribution is -2.28. The summed E-state index contributed by atoms with van der Waals surface area (Å²) in [6, 6.07) is 11.9. The number of nitriles is 1. The van der Waals surface area contributed by atoms with E-state index < -0.39 is 5.82 Å². The van der Waals surface area contributed by atoms with Gasteiger partial charge < -0.3 is 15.0 Å². The molecule has 1 aliphatic rings. The summed E-state index contributed by atoms with van der Waals surface area (Å²) in [6.07, 6.45) is 1.07. The highest BCUT2D eigenvalue weighted by molar-refractivity contribution is 5.41. The molecule has 2 aromatic rings. The SMILES string of the molecule is N#Cc1ccc(COc2cccc(N3CCCNCC3)n2)c(F)c1. The van der Waals surface area contributed by atoms with Crippen molar-refractivity contribution in [3.05, 3.63) is 53.3 Å². The van der Waals surface area contributed by atoms with Gasteiger partial charge in [0.15, 0.2) is 0 Å². The molecule has 3 rings (SSSR count). The molecule has 1 saturated heterocycles. The second-order valence-electron chi connectivity index (χ2n) is 5.63. The van der Waals surface area contributed by atoms with Gasteiger partial charge in [-0.2, -0.15) is 10.2 Å². The molecule has 1 aliphatic heterocycles. The number of ether oxygens (including phenoxy) is 1. The zero-order valence-corrected chi connectivity index (χ0v) is 13.3. The quantitative estimate of drug-likeness (QED) is 0.935. The summed E-state index contributed by atoms with van der Waals surface area (Å²) in [7, 11) is 0. The van der Waals surface area contributed by atoms with Gasteiger partial charge in [-0.25, -0.2) is 4.39 Å². The number of nitrogens with zero attached hydrogens (tertiary/aromatic N) is 3. The molecule has 1 fully saturated rings. The van der Waals surface area contributed by atoms with E-state index in [4.69, 9.17) is 10.00 Å². The fourth-order valence-corrected chi connectivity index (χ4v) is 2.62. The molecule has 1 aromatic carbocycles. The van der Waals surface area contributed by atoms with E-state index in [9.17, 15) is 4.39 Å². The average molecular weight is 326 g/mol. The van der Waals surface area contributed by atoms with Crippen LogP contribution < -0.4 is 15.0 Å². The fraction of sp³-hybridized carbons (Fsp3) is 0.333. The van der Waals surface area contributed by atoms with Crippen molar-refractivity contribution < 1.29 is 9.13 Å². The smallest absolute Gasteiger partial charge is 0.215 e. The molecule has 0 spiro atoms. The van der Waals surface area contributed by atoms with Gasteiger partial charge >= 0.3 is 0 Å². The molecule has 6 heteroatoms. The van der Waals surface area contributed by atoms with Crippen molar-refractivity contribution in [2.75, 3.05) is 31.1 Å². The second kappa shape index (κ2) is 7.75. The number of halogens is 1. The summed E-state index contributed by atoms with van der Waals surface area (Å²) in [5.41, 5.74) is 0.700. The van der Waals surface area contributed by atoms with Crippen molar-refractivity contribution in [1.29, 1.82) is 5.26 Å². The minimum Gasteiger partial charge on any atom is -0.473 e. The summed E-state index contributed by atoms with van der Waals surface area (Å²) >= 11 is 0. The Morgan fingerprint density at radius 2 is 2.17 bits per heavy atom. The number of pyridine rings is 1. The molecular formula is C18H19FN4O. The molecule has 2 heterocycles. The van der Waals surface area contributed by atoms with Crippen LogP contribution in [0.3, 0.4) is 0 Å². The molecular weight excluding hydrogens is 307 g/mol. The molecule has 0 unspecified atom stereocenters. The first-order valence-electron chi connectivity index (χ1n) is 8.00.